The monoisotopic (exact) mass is 261 g/mol. The van der Waals surface area contributed by atoms with Gasteiger partial charge in [-0.15, -0.1) is 0 Å². The maximum absolute atomic E-state index is 10.9. The van der Waals surface area contributed by atoms with E-state index in [1.54, 1.807) is 0 Å². The zero-order valence-corrected chi connectivity index (χ0v) is 9.98. The van der Waals surface area contributed by atoms with Crippen molar-refractivity contribution < 1.29 is 28.7 Å². The summed E-state index contributed by atoms with van der Waals surface area (Å²) in [4.78, 5) is 34.9. The number of nitrogens with two attached hydrogens (primary N) is 1. The summed E-state index contributed by atoms with van der Waals surface area (Å²) in [6.45, 7) is 0.145. The molecular formula is C6H17NO6P2. The topological polar surface area (TPSA) is 141 Å². The molecule has 0 saturated heterocycles. The zero-order valence-electron chi connectivity index (χ0n) is 8.19. The minimum atomic E-state index is -4.21. The highest BCUT2D eigenvalue weighted by atomic mass is 31.2. The minimum absolute atomic E-state index is 0.0760. The third-order valence-corrected chi connectivity index (χ3v) is 4.33. The highest BCUT2D eigenvalue weighted by Gasteiger charge is 2.28. The first-order chi connectivity index (χ1) is 6.67. The van der Waals surface area contributed by atoms with Crippen molar-refractivity contribution in [1.82, 2.24) is 0 Å². The van der Waals surface area contributed by atoms with E-state index in [1.807, 2.05) is 0 Å². The third kappa shape index (κ3) is 8.11. The Labute approximate surface area is 88.0 Å². The van der Waals surface area contributed by atoms with Gasteiger partial charge in [0.1, 0.15) is 0 Å². The van der Waals surface area contributed by atoms with Gasteiger partial charge in [-0.05, 0) is 25.8 Å². The van der Waals surface area contributed by atoms with Crippen LogP contribution >= 0.6 is 15.2 Å². The molecule has 0 saturated carbocycles. The molecule has 0 bridgehead atoms. The van der Waals surface area contributed by atoms with Gasteiger partial charge in [-0.2, -0.15) is 0 Å². The van der Waals surface area contributed by atoms with Crippen LogP contribution in [0, 0.1) is 0 Å². The summed E-state index contributed by atoms with van der Waals surface area (Å²) >= 11 is 0. The van der Waals surface area contributed by atoms with Gasteiger partial charge >= 0.3 is 15.2 Å². The van der Waals surface area contributed by atoms with Crippen LogP contribution in [0.1, 0.15) is 19.3 Å². The first-order valence-corrected chi connectivity index (χ1v) is 7.94. The van der Waals surface area contributed by atoms with E-state index in [-0.39, 0.29) is 32.0 Å². The largest absolute Gasteiger partial charge is 0.330 e. The van der Waals surface area contributed by atoms with Gasteiger partial charge in [0.2, 0.25) is 0 Å². The van der Waals surface area contributed by atoms with Crippen LogP contribution in [0.15, 0.2) is 0 Å². The van der Waals surface area contributed by atoms with Crippen LogP contribution in [0.2, 0.25) is 0 Å². The van der Waals surface area contributed by atoms with Crippen LogP contribution < -0.4 is 5.73 Å². The van der Waals surface area contributed by atoms with Gasteiger partial charge in [0.25, 0.3) is 0 Å². The SMILES string of the molecule is NCCC(CCCP(=O)(O)O)P(=O)(O)O. The Hall–Kier alpha value is 0.260. The number of hydrogen-bond acceptors (Lipinski definition) is 3. The lowest BCUT2D eigenvalue weighted by molar-refractivity contribution is 0.346. The minimum Gasteiger partial charge on any atom is -0.330 e. The van der Waals surface area contributed by atoms with E-state index >= 15 is 0 Å². The fourth-order valence-corrected chi connectivity index (χ4v) is 2.80. The van der Waals surface area contributed by atoms with Crippen LogP contribution in [0.5, 0.6) is 0 Å². The van der Waals surface area contributed by atoms with Crippen LogP contribution in [0.25, 0.3) is 0 Å². The lowest BCUT2D eigenvalue weighted by atomic mass is 10.2. The van der Waals surface area contributed by atoms with Crippen LogP contribution in [-0.4, -0.2) is 37.9 Å². The van der Waals surface area contributed by atoms with Gasteiger partial charge in [0.05, 0.1) is 5.66 Å². The predicted octanol–water partition coefficient (Wildman–Crippen LogP) is -0.161. The standard InChI is InChI=1S/C6H17NO6P2/c7-4-3-6(15(11,12)13)2-1-5-14(8,9)10/h6H,1-5,7H2,(H2,8,9,10)(H2,11,12,13). The summed E-state index contributed by atoms with van der Waals surface area (Å²) < 4.78 is 21.4. The maximum atomic E-state index is 10.9. The summed E-state index contributed by atoms with van der Waals surface area (Å²) in [5, 5.41) is 0. The summed E-state index contributed by atoms with van der Waals surface area (Å²) in [7, 11) is -8.28. The van der Waals surface area contributed by atoms with Crippen molar-refractivity contribution >= 4 is 15.2 Å². The van der Waals surface area contributed by atoms with Crippen molar-refractivity contribution in [3.8, 4) is 0 Å². The molecule has 0 aliphatic heterocycles. The van der Waals surface area contributed by atoms with E-state index in [0.717, 1.165) is 0 Å². The molecular weight excluding hydrogens is 244 g/mol. The van der Waals surface area contributed by atoms with Crippen molar-refractivity contribution in [2.45, 2.75) is 24.9 Å². The van der Waals surface area contributed by atoms with E-state index < -0.39 is 20.9 Å². The highest BCUT2D eigenvalue weighted by Crippen LogP contribution is 2.46. The Morgan fingerprint density at radius 2 is 1.60 bits per heavy atom. The molecule has 0 amide bonds. The van der Waals surface area contributed by atoms with E-state index in [0.29, 0.717) is 0 Å². The van der Waals surface area contributed by atoms with Crippen molar-refractivity contribution in [2.24, 2.45) is 5.73 Å². The molecule has 0 aliphatic carbocycles. The Balaban J connectivity index is 4.09. The van der Waals surface area contributed by atoms with Gasteiger partial charge in [-0.1, -0.05) is 0 Å². The first-order valence-electron chi connectivity index (χ1n) is 4.46. The quantitative estimate of drug-likeness (QED) is 0.401. The lowest BCUT2D eigenvalue weighted by Gasteiger charge is -2.17. The molecule has 1 atom stereocenters. The predicted molar refractivity (Wildman–Crippen MR) is 55.6 cm³/mol. The van der Waals surface area contributed by atoms with Crippen molar-refractivity contribution in [3.05, 3.63) is 0 Å². The molecule has 0 radical (unpaired) electrons. The average Bonchev–Trinajstić information content (AvgIpc) is 1.98. The number of rotatable bonds is 7. The molecule has 0 aromatic rings. The van der Waals surface area contributed by atoms with Gasteiger partial charge in [-0.3, -0.25) is 9.13 Å². The molecule has 0 spiro atoms. The van der Waals surface area contributed by atoms with E-state index in [9.17, 15) is 9.13 Å². The molecule has 0 fully saturated rings. The average molecular weight is 261 g/mol. The first kappa shape index (κ1) is 15.3. The molecule has 0 aromatic carbocycles. The molecule has 92 valence electrons. The molecule has 1 unspecified atom stereocenters. The van der Waals surface area contributed by atoms with Crippen molar-refractivity contribution in [1.29, 1.82) is 0 Å². The van der Waals surface area contributed by atoms with Crippen LogP contribution in [0.3, 0.4) is 0 Å². The zero-order chi connectivity index (χ0) is 12.1. The smallest absolute Gasteiger partial charge is 0.328 e. The summed E-state index contributed by atoms with van der Waals surface area (Å²) in [6, 6.07) is 0. The second kappa shape index (κ2) is 6.11. The fourth-order valence-electron chi connectivity index (χ4n) is 1.21. The molecule has 0 rings (SSSR count). The van der Waals surface area contributed by atoms with Crippen LogP contribution in [0.4, 0.5) is 0 Å². The Kier molecular flexibility index (Phi) is 6.21. The van der Waals surface area contributed by atoms with Crippen molar-refractivity contribution in [2.75, 3.05) is 12.7 Å². The van der Waals surface area contributed by atoms with Gasteiger partial charge in [0, 0.05) is 6.16 Å². The van der Waals surface area contributed by atoms with Crippen molar-refractivity contribution in [3.63, 3.8) is 0 Å². The molecule has 0 aliphatic rings. The Morgan fingerprint density at radius 3 is 1.93 bits per heavy atom. The molecule has 6 N–H and O–H groups in total. The third-order valence-electron chi connectivity index (χ3n) is 1.96. The molecule has 0 aromatic heterocycles. The van der Waals surface area contributed by atoms with E-state index in [4.69, 9.17) is 25.3 Å². The summed E-state index contributed by atoms with van der Waals surface area (Å²) in [5.74, 6) is 0. The number of hydrogen-bond donors (Lipinski definition) is 5. The van der Waals surface area contributed by atoms with E-state index in [2.05, 4.69) is 0 Å². The Bertz CT molecular complexity index is 271. The molecule has 9 heteroatoms. The molecule has 0 heterocycles. The lowest BCUT2D eigenvalue weighted by Crippen LogP contribution is -2.15. The second-order valence-corrected chi connectivity index (χ2v) is 7.04. The fraction of sp³-hybridized carbons (Fsp3) is 1.00. The molecule has 7 nitrogen and oxygen atoms in total. The molecule has 15 heavy (non-hydrogen) atoms. The van der Waals surface area contributed by atoms with Gasteiger partial charge in [-0.25, -0.2) is 0 Å². The summed E-state index contributed by atoms with van der Waals surface area (Å²) in [6.07, 6.45) is -0.0356. The van der Waals surface area contributed by atoms with Gasteiger partial charge < -0.3 is 25.3 Å². The normalized spacial score (nSPS) is 15.3. The Morgan fingerprint density at radius 1 is 1.07 bits per heavy atom. The van der Waals surface area contributed by atoms with Gasteiger partial charge in [0.15, 0.2) is 0 Å². The summed E-state index contributed by atoms with van der Waals surface area (Å²) in [5.41, 5.74) is 4.29. The van der Waals surface area contributed by atoms with Crippen LogP contribution in [-0.2, 0) is 9.13 Å². The highest BCUT2D eigenvalue weighted by molar-refractivity contribution is 7.52. The maximum Gasteiger partial charge on any atom is 0.328 e. The van der Waals surface area contributed by atoms with E-state index in [1.165, 1.54) is 0 Å². The second-order valence-electron chi connectivity index (χ2n) is 3.35.